The van der Waals surface area contributed by atoms with Crippen LogP contribution in [-0.4, -0.2) is 24.6 Å². The molecular formula is C13H14N2O3. The zero-order valence-electron chi connectivity index (χ0n) is 10.1. The molecule has 18 heavy (non-hydrogen) atoms. The molecule has 1 amide bonds. The number of fused-ring (bicyclic) bond motifs is 1. The van der Waals surface area contributed by atoms with Crippen LogP contribution in [0, 0.1) is 0 Å². The van der Waals surface area contributed by atoms with Crippen molar-refractivity contribution in [3.8, 4) is 5.75 Å². The van der Waals surface area contributed by atoms with Gasteiger partial charge in [-0.3, -0.25) is 4.79 Å². The first-order valence-electron chi connectivity index (χ1n) is 5.86. The normalized spacial score (nSPS) is 25.6. The van der Waals surface area contributed by atoms with Gasteiger partial charge in [-0.1, -0.05) is 6.07 Å². The summed E-state index contributed by atoms with van der Waals surface area (Å²) in [6, 6.07) is 5.89. The number of methoxy groups -OCH3 is 1. The van der Waals surface area contributed by atoms with E-state index in [0.717, 1.165) is 17.7 Å². The minimum atomic E-state index is -0.885. The molecule has 0 bridgehead atoms. The van der Waals surface area contributed by atoms with E-state index in [1.807, 2.05) is 18.2 Å². The minimum Gasteiger partial charge on any atom is -0.497 e. The molecule has 5 heteroatoms. The van der Waals surface area contributed by atoms with Gasteiger partial charge in [0.2, 0.25) is 0 Å². The van der Waals surface area contributed by atoms with Gasteiger partial charge in [-0.2, -0.15) is 4.99 Å². The van der Waals surface area contributed by atoms with E-state index < -0.39 is 5.60 Å². The third-order valence-corrected chi connectivity index (χ3v) is 3.59. The van der Waals surface area contributed by atoms with Crippen LogP contribution in [0.4, 0.5) is 0 Å². The van der Waals surface area contributed by atoms with E-state index in [9.17, 15) is 4.79 Å². The van der Waals surface area contributed by atoms with Crippen molar-refractivity contribution >= 4 is 11.9 Å². The van der Waals surface area contributed by atoms with Gasteiger partial charge in [0.25, 0.3) is 11.9 Å². The smallest absolute Gasteiger partial charge is 0.294 e. The number of carbonyl (C=O) groups excluding carboxylic acids is 1. The standard InChI is InChI=1S/C13H14N2O3/c1-17-10-3-2-8-4-5-13(7-9(8)6-10)11(16)15-12(14)18-13/h2-3,6H,4-5,7H2,1H3,(H2,14,15,16). The van der Waals surface area contributed by atoms with Crippen molar-refractivity contribution in [2.75, 3.05) is 7.11 Å². The van der Waals surface area contributed by atoms with E-state index in [0.29, 0.717) is 12.8 Å². The van der Waals surface area contributed by atoms with Gasteiger partial charge in [-0.15, -0.1) is 0 Å². The van der Waals surface area contributed by atoms with E-state index >= 15 is 0 Å². The summed E-state index contributed by atoms with van der Waals surface area (Å²) in [7, 11) is 1.62. The molecule has 2 N–H and O–H groups in total. The highest BCUT2D eigenvalue weighted by Gasteiger charge is 2.48. The number of nitrogens with two attached hydrogens (primary N) is 1. The summed E-state index contributed by atoms with van der Waals surface area (Å²) in [5.41, 5.74) is 6.90. The maximum absolute atomic E-state index is 11.9. The summed E-state index contributed by atoms with van der Waals surface area (Å²) in [5, 5.41) is 0. The number of ether oxygens (including phenoxy) is 2. The van der Waals surface area contributed by atoms with E-state index in [-0.39, 0.29) is 11.9 Å². The largest absolute Gasteiger partial charge is 0.497 e. The Balaban J connectivity index is 1.95. The number of hydrogen-bond donors (Lipinski definition) is 1. The molecule has 0 fully saturated rings. The van der Waals surface area contributed by atoms with Crippen molar-refractivity contribution in [2.45, 2.75) is 24.9 Å². The number of carbonyl (C=O) groups is 1. The van der Waals surface area contributed by atoms with Crippen molar-refractivity contribution < 1.29 is 14.3 Å². The Bertz CT molecular complexity index is 553. The quantitative estimate of drug-likeness (QED) is 0.795. The lowest BCUT2D eigenvalue weighted by Crippen LogP contribution is -2.43. The summed E-state index contributed by atoms with van der Waals surface area (Å²) in [5.74, 6) is 0.513. The van der Waals surface area contributed by atoms with Gasteiger partial charge in [0.15, 0.2) is 5.60 Å². The minimum absolute atomic E-state index is 0.0219. The Kier molecular flexibility index (Phi) is 2.29. The van der Waals surface area contributed by atoms with E-state index in [1.165, 1.54) is 5.56 Å². The Morgan fingerprint density at radius 3 is 2.94 bits per heavy atom. The Morgan fingerprint density at radius 1 is 1.44 bits per heavy atom. The fraction of sp³-hybridized carbons (Fsp3) is 0.385. The van der Waals surface area contributed by atoms with Crippen molar-refractivity contribution in [1.29, 1.82) is 0 Å². The zero-order chi connectivity index (χ0) is 12.8. The molecule has 1 unspecified atom stereocenters. The first kappa shape index (κ1) is 11.1. The van der Waals surface area contributed by atoms with Crippen LogP contribution in [0.3, 0.4) is 0 Å². The molecule has 0 aromatic heterocycles. The van der Waals surface area contributed by atoms with Crippen LogP contribution in [-0.2, 0) is 22.4 Å². The van der Waals surface area contributed by atoms with Gasteiger partial charge in [-0.05, 0) is 29.7 Å². The van der Waals surface area contributed by atoms with Crippen molar-refractivity contribution in [3.63, 3.8) is 0 Å². The second-order valence-corrected chi connectivity index (χ2v) is 4.66. The van der Waals surface area contributed by atoms with E-state index in [1.54, 1.807) is 7.11 Å². The number of benzene rings is 1. The van der Waals surface area contributed by atoms with Gasteiger partial charge in [0.1, 0.15) is 5.75 Å². The predicted octanol–water partition coefficient (Wildman–Crippen LogP) is 0.794. The number of rotatable bonds is 1. The molecule has 2 aliphatic rings. The van der Waals surface area contributed by atoms with Gasteiger partial charge in [0, 0.05) is 12.8 Å². The highest BCUT2D eigenvalue weighted by atomic mass is 16.5. The average molecular weight is 246 g/mol. The first-order valence-corrected chi connectivity index (χ1v) is 5.86. The molecule has 94 valence electrons. The molecular weight excluding hydrogens is 232 g/mol. The monoisotopic (exact) mass is 246 g/mol. The van der Waals surface area contributed by atoms with Crippen LogP contribution >= 0.6 is 0 Å². The van der Waals surface area contributed by atoms with Crippen molar-refractivity contribution in [2.24, 2.45) is 10.7 Å². The lowest BCUT2D eigenvalue weighted by molar-refractivity contribution is -0.131. The van der Waals surface area contributed by atoms with Crippen LogP contribution in [0.15, 0.2) is 23.2 Å². The third-order valence-electron chi connectivity index (χ3n) is 3.59. The Morgan fingerprint density at radius 2 is 2.28 bits per heavy atom. The number of aryl methyl sites for hydroxylation is 1. The fourth-order valence-corrected chi connectivity index (χ4v) is 2.61. The molecule has 1 heterocycles. The zero-order valence-corrected chi connectivity index (χ0v) is 10.1. The maximum Gasteiger partial charge on any atom is 0.294 e. The SMILES string of the molecule is COc1ccc2c(c1)CC1(CC2)OC(N)=NC1=O. The molecule has 3 rings (SSSR count). The van der Waals surface area contributed by atoms with Gasteiger partial charge in [0.05, 0.1) is 7.11 Å². The Labute approximate surface area is 105 Å². The summed E-state index contributed by atoms with van der Waals surface area (Å²) >= 11 is 0. The lowest BCUT2D eigenvalue weighted by atomic mass is 9.80. The summed E-state index contributed by atoms with van der Waals surface area (Å²) in [6.07, 6.45) is 1.91. The highest BCUT2D eigenvalue weighted by Crippen LogP contribution is 2.36. The van der Waals surface area contributed by atoms with Crippen molar-refractivity contribution in [1.82, 2.24) is 0 Å². The summed E-state index contributed by atoms with van der Waals surface area (Å²) < 4.78 is 10.7. The maximum atomic E-state index is 11.9. The molecule has 0 saturated carbocycles. The molecule has 1 aromatic rings. The molecule has 1 aliphatic carbocycles. The van der Waals surface area contributed by atoms with Gasteiger partial charge in [-0.25, -0.2) is 0 Å². The average Bonchev–Trinajstić information content (AvgIpc) is 2.63. The van der Waals surface area contributed by atoms with Crippen LogP contribution < -0.4 is 10.5 Å². The molecule has 1 spiro atoms. The van der Waals surface area contributed by atoms with Crippen LogP contribution in [0.25, 0.3) is 0 Å². The number of hydrogen-bond acceptors (Lipinski definition) is 4. The predicted molar refractivity (Wildman–Crippen MR) is 65.5 cm³/mol. The number of aliphatic imine (C=N–C) groups is 1. The van der Waals surface area contributed by atoms with Crippen LogP contribution in [0.1, 0.15) is 17.5 Å². The topological polar surface area (TPSA) is 73.9 Å². The number of nitrogens with zero attached hydrogens (tertiary/aromatic N) is 1. The third kappa shape index (κ3) is 1.54. The van der Waals surface area contributed by atoms with E-state index in [2.05, 4.69) is 4.99 Å². The molecule has 1 aliphatic heterocycles. The second-order valence-electron chi connectivity index (χ2n) is 4.66. The lowest BCUT2D eigenvalue weighted by Gasteiger charge is -2.31. The van der Waals surface area contributed by atoms with Crippen molar-refractivity contribution in [3.05, 3.63) is 29.3 Å². The first-order chi connectivity index (χ1) is 8.63. The molecule has 5 nitrogen and oxygen atoms in total. The fourth-order valence-electron chi connectivity index (χ4n) is 2.61. The number of amidine groups is 1. The van der Waals surface area contributed by atoms with E-state index in [4.69, 9.17) is 15.2 Å². The van der Waals surface area contributed by atoms with Gasteiger partial charge >= 0.3 is 0 Å². The second kappa shape index (κ2) is 3.73. The Hall–Kier alpha value is -2.04. The molecule has 0 saturated heterocycles. The van der Waals surface area contributed by atoms with Crippen LogP contribution in [0.2, 0.25) is 0 Å². The molecule has 1 aromatic carbocycles. The van der Waals surface area contributed by atoms with Gasteiger partial charge < -0.3 is 15.2 Å². The molecule has 1 atom stereocenters. The summed E-state index contributed by atoms with van der Waals surface area (Å²) in [4.78, 5) is 15.6. The highest BCUT2D eigenvalue weighted by molar-refractivity contribution is 6.01. The molecule has 0 radical (unpaired) electrons. The summed E-state index contributed by atoms with van der Waals surface area (Å²) in [6.45, 7) is 0. The number of amides is 1. The van der Waals surface area contributed by atoms with Crippen LogP contribution in [0.5, 0.6) is 5.75 Å².